The maximum Gasteiger partial charge on any atom is 0.237 e. The minimum atomic E-state index is -0.780. The summed E-state index contributed by atoms with van der Waals surface area (Å²) in [7, 11) is 0. The second-order valence-electron chi connectivity index (χ2n) is 3.75. The molecule has 0 saturated carbocycles. The van der Waals surface area contributed by atoms with Gasteiger partial charge in [-0.1, -0.05) is 26.7 Å². The highest BCUT2D eigenvalue weighted by atomic mass is 16.2. The molecule has 1 aliphatic rings. The topological polar surface area (TPSA) is 46.2 Å². The van der Waals surface area contributed by atoms with E-state index in [2.05, 4.69) is 5.32 Å². The highest BCUT2D eigenvalue weighted by Crippen LogP contribution is 2.33. The monoisotopic (exact) mass is 195 g/mol. The molecule has 1 heterocycles. The van der Waals surface area contributed by atoms with E-state index in [0.717, 1.165) is 12.8 Å². The number of amides is 1. The Balaban J connectivity index is 2.97. The van der Waals surface area contributed by atoms with E-state index in [9.17, 15) is 9.59 Å². The Kier molecular flexibility index (Phi) is 3.44. The molecule has 14 heavy (non-hydrogen) atoms. The van der Waals surface area contributed by atoms with E-state index in [0.29, 0.717) is 12.8 Å². The van der Waals surface area contributed by atoms with E-state index < -0.39 is 5.41 Å². The first-order valence-electron chi connectivity index (χ1n) is 5.19. The summed E-state index contributed by atoms with van der Waals surface area (Å²) in [4.78, 5) is 23.5. The minimum absolute atomic E-state index is 0.0371. The molecule has 1 aliphatic heterocycles. The van der Waals surface area contributed by atoms with Crippen molar-refractivity contribution in [3.63, 3.8) is 0 Å². The van der Waals surface area contributed by atoms with Crippen LogP contribution in [0.3, 0.4) is 0 Å². The van der Waals surface area contributed by atoms with Crippen molar-refractivity contribution in [3.05, 3.63) is 12.3 Å². The second kappa shape index (κ2) is 4.40. The molecule has 78 valence electrons. The van der Waals surface area contributed by atoms with Crippen LogP contribution in [-0.2, 0) is 9.59 Å². The average molecular weight is 195 g/mol. The van der Waals surface area contributed by atoms with Gasteiger partial charge in [-0.3, -0.25) is 9.59 Å². The van der Waals surface area contributed by atoms with Gasteiger partial charge in [-0.25, -0.2) is 0 Å². The van der Waals surface area contributed by atoms with Crippen LogP contribution in [0.5, 0.6) is 0 Å². The van der Waals surface area contributed by atoms with Gasteiger partial charge in [0, 0.05) is 6.20 Å². The Labute approximate surface area is 84.6 Å². The van der Waals surface area contributed by atoms with E-state index in [1.54, 1.807) is 0 Å². The summed E-state index contributed by atoms with van der Waals surface area (Å²) in [6, 6.07) is 0. The molecule has 1 amide bonds. The molecule has 1 rings (SSSR count). The highest BCUT2D eigenvalue weighted by molar-refractivity contribution is 6.13. The third-order valence-electron chi connectivity index (χ3n) is 2.71. The quantitative estimate of drug-likeness (QED) is 0.695. The maximum atomic E-state index is 11.8. The molecule has 0 unspecified atom stereocenters. The van der Waals surface area contributed by atoms with E-state index >= 15 is 0 Å². The molecule has 0 bridgehead atoms. The lowest BCUT2D eigenvalue weighted by molar-refractivity contribution is -0.141. The lowest BCUT2D eigenvalue weighted by atomic mass is 9.73. The molecule has 0 radical (unpaired) electrons. The summed E-state index contributed by atoms with van der Waals surface area (Å²) < 4.78 is 0. The van der Waals surface area contributed by atoms with Gasteiger partial charge in [0.1, 0.15) is 5.41 Å². The van der Waals surface area contributed by atoms with Crippen molar-refractivity contribution in [2.24, 2.45) is 5.41 Å². The summed E-state index contributed by atoms with van der Waals surface area (Å²) in [6.07, 6.45) is 5.92. The average Bonchev–Trinajstić information content (AvgIpc) is 2.15. The van der Waals surface area contributed by atoms with Crippen molar-refractivity contribution in [2.75, 3.05) is 0 Å². The molecule has 0 aliphatic carbocycles. The molecular formula is C11H17NO2. The van der Waals surface area contributed by atoms with Crippen molar-refractivity contribution >= 4 is 11.7 Å². The third kappa shape index (κ3) is 1.72. The second-order valence-corrected chi connectivity index (χ2v) is 3.75. The van der Waals surface area contributed by atoms with Crippen molar-refractivity contribution in [1.82, 2.24) is 5.32 Å². The summed E-state index contributed by atoms with van der Waals surface area (Å²) >= 11 is 0. The highest BCUT2D eigenvalue weighted by Gasteiger charge is 2.43. The lowest BCUT2D eigenvalue weighted by Gasteiger charge is -2.31. The van der Waals surface area contributed by atoms with Gasteiger partial charge in [0.2, 0.25) is 5.91 Å². The van der Waals surface area contributed by atoms with Crippen LogP contribution >= 0.6 is 0 Å². The van der Waals surface area contributed by atoms with E-state index in [1.807, 2.05) is 13.8 Å². The van der Waals surface area contributed by atoms with Crippen LogP contribution in [-0.4, -0.2) is 11.7 Å². The van der Waals surface area contributed by atoms with Crippen LogP contribution in [0.4, 0.5) is 0 Å². The van der Waals surface area contributed by atoms with Crippen LogP contribution in [0.25, 0.3) is 0 Å². The van der Waals surface area contributed by atoms with E-state index in [1.165, 1.54) is 12.3 Å². The molecule has 3 heteroatoms. The van der Waals surface area contributed by atoms with Crippen LogP contribution in [0.1, 0.15) is 39.5 Å². The predicted molar refractivity (Wildman–Crippen MR) is 54.5 cm³/mol. The van der Waals surface area contributed by atoms with Crippen molar-refractivity contribution in [3.8, 4) is 0 Å². The van der Waals surface area contributed by atoms with Gasteiger partial charge in [-0.05, 0) is 18.9 Å². The van der Waals surface area contributed by atoms with Crippen LogP contribution in [0.2, 0.25) is 0 Å². The fourth-order valence-electron chi connectivity index (χ4n) is 2.05. The third-order valence-corrected chi connectivity index (χ3v) is 2.71. The minimum Gasteiger partial charge on any atom is -0.332 e. The Bertz CT molecular complexity index is 262. The smallest absolute Gasteiger partial charge is 0.237 e. The largest absolute Gasteiger partial charge is 0.332 e. The molecule has 0 atom stereocenters. The van der Waals surface area contributed by atoms with Crippen molar-refractivity contribution < 1.29 is 9.59 Å². The number of ketones is 1. The number of carbonyl (C=O) groups excluding carboxylic acids is 2. The zero-order valence-corrected chi connectivity index (χ0v) is 8.80. The molecule has 1 N–H and O–H groups in total. The molecule has 0 saturated heterocycles. The number of carbonyl (C=O) groups is 2. The van der Waals surface area contributed by atoms with Gasteiger partial charge >= 0.3 is 0 Å². The van der Waals surface area contributed by atoms with Gasteiger partial charge < -0.3 is 5.32 Å². The molecule has 0 spiro atoms. The van der Waals surface area contributed by atoms with E-state index in [-0.39, 0.29) is 11.7 Å². The standard InChI is InChI=1S/C11H17NO2/c1-3-6-11(7-4-2)9(13)5-8-12-10(11)14/h5,8H,3-4,6-7H2,1-2H3,(H,12,14). The molecule has 0 fully saturated rings. The fourth-order valence-corrected chi connectivity index (χ4v) is 2.05. The number of hydrogen-bond acceptors (Lipinski definition) is 2. The van der Waals surface area contributed by atoms with Crippen molar-refractivity contribution in [1.29, 1.82) is 0 Å². The molecule has 0 aromatic rings. The Morgan fingerprint density at radius 3 is 2.21 bits per heavy atom. The van der Waals surface area contributed by atoms with Gasteiger partial charge in [-0.15, -0.1) is 0 Å². The van der Waals surface area contributed by atoms with Gasteiger partial charge in [0.15, 0.2) is 5.78 Å². The number of hydrogen-bond donors (Lipinski definition) is 1. The Hall–Kier alpha value is -1.12. The Morgan fingerprint density at radius 2 is 1.79 bits per heavy atom. The first-order valence-corrected chi connectivity index (χ1v) is 5.19. The van der Waals surface area contributed by atoms with Gasteiger partial charge in [0.05, 0.1) is 0 Å². The molecular weight excluding hydrogens is 178 g/mol. The molecule has 3 nitrogen and oxygen atoms in total. The first kappa shape index (κ1) is 11.0. The fraction of sp³-hybridized carbons (Fsp3) is 0.636. The van der Waals surface area contributed by atoms with Crippen LogP contribution < -0.4 is 5.32 Å². The normalized spacial score (nSPS) is 19.6. The van der Waals surface area contributed by atoms with Gasteiger partial charge in [-0.2, -0.15) is 0 Å². The number of nitrogens with one attached hydrogen (secondary N) is 1. The van der Waals surface area contributed by atoms with Crippen LogP contribution in [0, 0.1) is 5.41 Å². The SMILES string of the molecule is CCCC1(CCC)C(=O)C=CNC1=O. The van der Waals surface area contributed by atoms with Gasteiger partial charge in [0.25, 0.3) is 0 Å². The molecule has 0 aromatic heterocycles. The summed E-state index contributed by atoms with van der Waals surface area (Å²) in [5, 5.41) is 2.63. The summed E-state index contributed by atoms with van der Waals surface area (Å²) in [5.74, 6) is -0.168. The Morgan fingerprint density at radius 1 is 1.21 bits per heavy atom. The van der Waals surface area contributed by atoms with Crippen molar-refractivity contribution in [2.45, 2.75) is 39.5 Å². The summed E-state index contributed by atoms with van der Waals surface area (Å²) in [6.45, 7) is 3.99. The van der Waals surface area contributed by atoms with E-state index in [4.69, 9.17) is 0 Å². The summed E-state index contributed by atoms with van der Waals surface area (Å²) in [5.41, 5.74) is -0.780. The zero-order chi connectivity index (χ0) is 10.6. The maximum absolute atomic E-state index is 11.8. The zero-order valence-electron chi connectivity index (χ0n) is 8.80. The number of rotatable bonds is 4. The number of allylic oxidation sites excluding steroid dienone is 1. The molecule has 0 aromatic carbocycles. The lowest BCUT2D eigenvalue weighted by Crippen LogP contribution is -2.47. The van der Waals surface area contributed by atoms with Crippen LogP contribution in [0.15, 0.2) is 12.3 Å². The first-order chi connectivity index (χ1) is 6.67. The predicted octanol–water partition coefficient (Wildman–Crippen LogP) is 1.79.